The van der Waals surface area contributed by atoms with E-state index >= 15 is 0 Å². The molecular weight excluding hydrogens is 386 g/mol. The lowest BCUT2D eigenvalue weighted by atomic mass is 10.2. The maximum Gasteiger partial charge on any atom is 0.309 e. The molecule has 0 unspecified atom stereocenters. The lowest BCUT2D eigenvalue weighted by molar-refractivity contribution is -0.138. The molecule has 0 saturated heterocycles. The van der Waals surface area contributed by atoms with Gasteiger partial charge in [0.1, 0.15) is 18.5 Å². The smallest absolute Gasteiger partial charge is 0.309 e. The second-order valence-electron chi connectivity index (χ2n) is 5.91. The SMILES string of the molecule is CNC(=O)C(=O)NC[C@@H](c1cccnc1)S(=O)(=O)c1ccc2c(c1)OCCO2. The number of rotatable bonds is 5. The minimum Gasteiger partial charge on any atom is -0.486 e. The summed E-state index contributed by atoms with van der Waals surface area (Å²) in [5.74, 6) is -0.974. The Morgan fingerprint density at radius 1 is 1.14 bits per heavy atom. The number of hydrogen-bond acceptors (Lipinski definition) is 7. The fraction of sp³-hybridized carbons (Fsp3) is 0.278. The Hall–Kier alpha value is -3.14. The number of carbonyl (C=O) groups is 2. The molecule has 0 aliphatic carbocycles. The Morgan fingerprint density at radius 3 is 2.57 bits per heavy atom. The third-order valence-corrected chi connectivity index (χ3v) is 6.25. The Bertz CT molecular complexity index is 978. The molecule has 9 nitrogen and oxygen atoms in total. The molecule has 3 rings (SSSR count). The van der Waals surface area contributed by atoms with E-state index in [-0.39, 0.29) is 11.4 Å². The summed E-state index contributed by atoms with van der Waals surface area (Å²) in [4.78, 5) is 27.2. The van der Waals surface area contributed by atoms with Crippen LogP contribution in [0.2, 0.25) is 0 Å². The van der Waals surface area contributed by atoms with Gasteiger partial charge in [0.05, 0.1) is 4.90 Å². The summed E-state index contributed by atoms with van der Waals surface area (Å²) < 4.78 is 37.5. The van der Waals surface area contributed by atoms with Crippen LogP contribution in [-0.2, 0) is 19.4 Å². The third kappa shape index (κ3) is 4.06. The average Bonchev–Trinajstić information content (AvgIpc) is 2.73. The number of hydrogen-bond donors (Lipinski definition) is 2. The first-order chi connectivity index (χ1) is 13.4. The number of fused-ring (bicyclic) bond motifs is 1. The standard InChI is InChI=1S/C18H19N3O6S/c1-19-17(22)18(23)21-11-16(12-3-2-6-20-10-12)28(24,25)13-4-5-14-15(9-13)27-8-7-26-14/h2-6,9-10,16H,7-8,11H2,1H3,(H,19,22)(H,21,23)/t16-/m0/s1. The summed E-state index contributed by atoms with van der Waals surface area (Å²) in [6.07, 6.45) is 2.92. The van der Waals surface area contributed by atoms with Crippen molar-refractivity contribution < 1.29 is 27.5 Å². The molecule has 10 heteroatoms. The molecule has 1 aliphatic heterocycles. The number of sulfone groups is 1. The minimum absolute atomic E-state index is 0.0137. The van der Waals surface area contributed by atoms with Gasteiger partial charge in [0.15, 0.2) is 21.3 Å². The molecule has 1 aromatic carbocycles. The molecule has 0 radical (unpaired) electrons. The summed E-state index contributed by atoms with van der Waals surface area (Å²) in [6.45, 7) is 0.419. The number of amides is 2. The van der Waals surface area contributed by atoms with Crippen molar-refractivity contribution in [3.05, 3.63) is 48.3 Å². The number of pyridine rings is 1. The molecule has 1 aromatic heterocycles. The molecule has 2 N–H and O–H groups in total. The normalized spacial score (nSPS) is 14.0. The van der Waals surface area contributed by atoms with Gasteiger partial charge in [-0.3, -0.25) is 14.6 Å². The molecule has 2 heterocycles. The van der Waals surface area contributed by atoms with Crippen LogP contribution in [0.1, 0.15) is 10.8 Å². The van der Waals surface area contributed by atoms with E-state index in [1.165, 1.54) is 37.6 Å². The Balaban J connectivity index is 1.94. The van der Waals surface area contributed by atoms with Crippen LogP contribution in [0.25, 0.3) is 0 Å². The number of nitrogens with one attached hydrogen (secondary N) is 2. The van der Waals surface area contributed by atoms with Gasteiger partial charge in [-0.15, -0.1) is 0 Å². The average molecular weight is 405 g/mol. The van der Waals surface area contributed by atoms with Crippen LogP contribution in [0.3, 0.4) is 0 Å². The maximum atomic E-state index is 13.3. The Kier molecular flexibility index (Phi) is 5.78. The van der Waals surface area contributed by atoms with Gasteiger partial charge in [0.2, 0.25) is 0 Å². The summed E-state index contributed by atoms with van der Waals surface area (Å²) in [6, 6.07) is 7.55. The Morgan fingerprint density at radius 2 is 1.89 bits per heavy atom. The molecule has 1 atom stereocenters. The number of ether oxygens (including phenoxy) is 2. The zero-order chi connectivity index (χ0) is 20.1. The number of likely N-dealkylation sites (N-methyl/N-ethyl adjacent to an activating group) is 1. The third-order valence-electron chi connectivity index (χ3n) is 4.15. The molecule has 0 spiro atoms. The van der Waals surface area contributed by atoms with Crippen LogP contribution in [0.4, 0.5) is 0 Å². The first kappa shape index (κ1) is 19.6. The number of aromatic nitrogens is 1. The van der Waals surface area contributed by atoms with E-state index in [1.54, 1.807) is 12.1 Å². The van der Waals surface area contributed by atoms with Crippen molar-refractivity contribution in [3.8, 4) is 11.5 Å². The number of nitrogens with zero attached hydrogens (tertiary/aromatic N) is 1. The van der Waals surface area contributed by atoms with Crippen LogP contribution in [0, 0.1) is 0 Å². The molecule has 0 fully saturated rings. The summed E-state index contributed by atoms with van der Waals surface area (Å²) >= 11 is 0. The lowest BCUT2D eigenvalue weighted by Gasteiger charge is -2.21. The molecule has 28 heavy (non-hydrogen) atoms. The second-order valence-corrected chi connectivity index (χ2v) is 8.05. The van der Waals surface area contributed by atoms with Crippen molar-refractivity contribution in [1.82, 2.24) is 15.6 Å². The van der Waals surface area contributed by atoms with Gasteiger partial charge < -0.3 is 20.1 Å². The van der Waals surface area contributed by atoms with Crippen LogP contribution in [0.5, 0.6) is 11.5 Å². The first-order valence-electron chi connectivity index (χ1n) is 8.47. The molecule has 0 bridgehead atoms. The zero-order valence-corrected chi connectivity index (χ0v) is 15.9. The van der Waals surface area contributed by atoms with Gasteiger partial charge >= 0.3 is 11.8 Å². The predicted molar refractivity (Wildman–Crippen MR) is 98.7 cm³/mol. The molecule has 0 saturated carbocycles. The highest BCUT2D eigenvalue weighted by Gasteiger charge is 2.31. The molecule has 148 valence electrons. The van der Waals surface area contributed by atoms with E-state index in [9.17, 15) is 18.0 Å². The molecule has 1 aliphatic rings. The second kappa shape index (κ2) is 8.26. The highest BCUT2D eigenvalue weighted by molar-refractivity contribution is 7.91. The predicted octanol–water partition coefficient (Wildman–Crippen LogP) is 0.230. The highest BCUT2D eigenvalue weighted by Crippen LogP contribution is 2.36. The first-order valence-corrected chi connectivity index (χ1v) is 10.0. The maximum absolute atomic E-state index is 13.3. The monoisotopic (exact) mass is 405 g/mol. The molecule has 2 aromatic rings. The van der Waals surface area contributed by atoms with Gasteiger partial charge in [0, 0.05) is 32.1 Å². The zero-order valence-electron chi connectivity index (χ0n) is 15.0. The van der Waals surface area contributed by atoms with Crippen molar-refractivity contribution in [2.75, 3.05) is 26.8 Å². The van der Waals surface area contributed by atoms with E-state index in [0.29, 0.717) is 30.3 Å². The summed E-state index contributed by atoms with van der Waals surface area (Å²) in [5.41, 5.74) is 0.384. The van der Waals surface area contributed by atoms with Crippen molar-refractivity contribution in [3.63, 3.8) is 0 Å². The highest BCUT2D eigenvalue weighted by atomic mass is 32.2. The van der Waals surface area contributed by atoms with E-state index in [2.05, 4.69) is 15.6 Å². The number of benzene rings is 1. The van der Waals surface area contributed by atoms with E-state index in [4.69, 9.17) is 9.47 Å². The molecular formula is C18H19N3O6S. The van der Waals surface area contributed by atoms with Gasteiger partial charge in [-0.25, -0.2) is 8.42 Å². The minimum atomic E-state index is -3.94. The van der Waals surface area contributed by atoms with Gasteiger partial charge in [0.25, 0.3) is 0 Å². The number of carbonyl (C=O) groups excluding carboxylic acids is 2. The summed E-state index contributed by atoms with van der Waals surface area (Å²) in [7, 11) is -2.63. The fourth-order valence-electron chi connectivity index (χ4n) is 2.72. The topological polar surface area (TPSA) is 124 Å². The Labute approximate surface area is 162 Å². The van der Waals surface area contributed by atoms with Crippen molar-refractivity contribution in [2.24, 2.45) is 0 Å². The quantitative estimate of drug-likeness (QED) is 0.683. The van der Waals surface area contributed by atoms with E-state index < -0.39 is 26.9 Å². The van der Waals surface area contributed by atoms with Gasteiger partial charge in [-0.1, -0.05) is 6.07 Å². The molecule has 2 amide bonds. The lowest BCUT2D eigenvalue weighted by Crippen LogP contribution is -2.41. The van der Waals surface area contributed by atoms with Crippen molar-refractivity contribution in [1.29, 1.82) is 0 Å². The van der Waals surface area contributed by atoms with E-state index in [1.807, 2.05) is 0 Å². The largest absolute Gasteiger partial charge is 0.486 e. The van der Waals surface area contributed by atoms with Crippen molar-refractivity contribution >= 4 is 21.7 Å². The van der Waals surface area contributed by atoms with Crippen LogP contribution in [0.15, 0.2) is 47.6 Å². The van der Waals surface area contributed by atoms with Crippen LogP contribution in [-0.4, -0.2) is 52.0 Å². The fourth-order valence-corrected chi connectivity index (χ4v) is 4.38. The van der Waals surface area contributed by atoms with Gasteiger partial charge in [-0.2, -0.15) is 0 Å². The van der Waals surface area contributed by atoms with Crippen LogP contribution < -0.4 is 20.1 Å². The van der Waals surface area contributed by atoms with Crippen LogP contribution >= 0.6 is 0 Å². The van der Waals surface area contributed by atoms with E-state index in [0.717, 1.165) is 0 Å². The van der Waals surface area contributed by atoms with Crippen molar-refractivity contribution in [2.45, 2.75) is 10.1 Å². The van der Waals surface area contributed by atoms with Gasteiger partial charge in [-0.05, 0) is 23.8 Å². The summed E-state index contributed by atoms with van der Waals surface area (Å²) in [5, 5.41) is 3.40.